The summed E-state index contributed by atoms with van der Waals surface area (Å²) in [5.41, 5.74) is 0.870. The number of anilines is 2. The first-order chi connectivity index (χ1) is 11.9. The van der Waals surface area contributed by atoms with Crippen molar-refractivity contribution in [3.8, 4) is 5.75 Å². The number of rotatable bonds is 4. The van der Waals surface area contributed by atoms with Crippen LogP contribution in [0.5, 0.6) is 5.75 Å². The number of amides is 1. The molecule has 1 atom stereocenters. The maximum atomic E-state index is 12.7. The second-order valence-corrected chi connectivity index (χ2v) is 8.41. The fourth-order valence-electron chi connectivity index (χ4n) is 2.38. The third kappa shape index (κ3) is 3.74. The lowest BCUT2D eigenvalue weighted by Gasteiger charge is -2.13. The number of benzene rings is 2. The van der Waals surface area contributed by atoms with E-state index in [0.717, 1.165) is 4.90 Å². The van der Waals surface area contributed by atoms with Crippen LogP contribution in [0.2, 0.25) is 0 Å². The molecule has 2 aromatic rings. The summed E-state index contributed by atoms with van der Waals surface area (Å²) in [5, 5.41) is 2.79. The van der Waals surface area contributed by atoms with E-state index in [0.29, 0.717) is 22.9 Å². The highest BCUT2D eigenvalue weighted by Gasteiger charge is 2.23. The van der Waals surface area contributed by atoms with Gasteiger partial charge in [-0.1, -0.05) is 19.1 Å². The highest BCUT2D eigenvalue weighted by Crippen LogP contribution is 2.35. The Balaban J connectivity index is 1.93. The van der Waals surface area contributed by atoms with E-state index in [4.69, 9.17) is 4.74 Å². The van der Waals surface area contributed by atoms with Gasteiger partial charge in [0.15, 0.2) is 0 Å². The van der Waals surface area contributed by atoms with Crippen molar-refractivity contribution in [3.63, 3.8) is 0 Å². The number of methoxy groups -OCH3 is 1. The molecule has 0 unspecified atom stereocenters. The number of carbonyl (C=O) groups excluding carboxylic acids is 1. The average molecular weight is 378 g/mol. The minimum Gasteiger partial charge on any atom is -0.495 e. The summed E-state index contributed by atoms with van der Waals surface area (Å²) in [5.74, 6) is 0.839. The quantitative estimate of drug-likeness (QED) is 0.854. The summed E-state index contributed by atoms with van der Waals surface area (Å²) in [7, 11) is -2.34. The normalized spacial score (nSPS) is 17.2. The number of fused-ring (bicyclic) bond motifs is 1. The molecule has 1 heterocycles. The van der Waals surface area contributed by atoms with E-state index in [9.17, 15) is 13.2 Å². The Bertz CT molecular complexity index is 913. The summed E-state index contributed by atoms with van der Waals surface area (Å²) in [6, 6.07) is 11.5. The summed E-state index contributed by atoms with van der Waals surface area (Å²) in [6.45, 7) is 1.84. The van der Waals surface area contributed by atoms with Crippen LogP contribution in [0.15, 0.2) is 52.3 Å². The molecule has 0 spiro atoms. The molecule has 3 rings (SSSR count). The molecule has 1 aliphatic rings. The van der Waals surface area contributed by atoms with Gasteiger partial charge in [-0.3, -0.25) is 9.52 Å². The number of hydrogen-bond acceptors (Lipinski definition) is 5. The first-order valence-electron chi connectivity index (χ1n) is 7.64. The van der Waals surface area contributed by atoms with Crippen molar-refractivity contribution in [2.75, 3.05) is 22.9 Å². The molecule has 0 saturated heterocycles. The molecule has 0 aromatic heterocycles. The number of carbonyl (C=O) groups is 1. The van der Waals surface area contributed by atoms with E-state index in [1.54, 1.807) is 30.3 Å². The number of para-hydroxylation sites is 2. The van der Waals surface area contributed by atoms with Crippen LogP contribution in [0, 0.1) is 5.92 Å². The van der Waals surface area contributed by atoms with E-state index in [2.05, 4.69) is 10.0 Å². The smallest absolute Gasteiger partial charge is 0.262 e. The molecule has 0 bridgehead atoms. The SMILES string of the molecule is COc1ccccc1NS(=O)(=O)c1ccc2c(c1)NC(=O)[C@H](C)CS2. The molecule has 0 saturated carbocycles. The van der Waals surface area contributed by atoms with Crippen LogP contribution in [0.3, 0.4) is 0 Å². The largest absolute Gasteiger partial charge is 0.495 e. The molecule has 0 aliphatic carbocycles. The predicted molar refractivity (Wildman–Crippen MR) is 98.8 cm³/mol. The Morgan fingerprint density at radius 1 is 1.24 bits per heavy atom. The van der Waals surface area contributed by atoms with Gasteiger partial charge in [0, 0.05) is 16.6 Å². The van der Waals surface area contributed by atoms with Crippen LogP contribution in [-0.4, -0.2) is 27.2 Å². The summed E-state index contributed by atoms with van der Waals surface area (Å²) >= 11 is 1.53. The molecule has 132 valence electrons. The van der Waals surface area contributed by atoms with E-state index < -0.39 is 10.0 Å². The predicted octanol–water partition coefficient (Wildman–Crippen LogP) is 3.18. The molecule has 25 heavy (non-hydrogen) atoms. The second-order valence-electron chi connectivity index (χ2n) is 5.67. The molecule has 1 amide bonds. The lowest BCUT2D eigenvalue weighted by atomic mass is 10.2. The third-order valence-corrected chi connectivity index (χ3v) is 6.50. The van der Waals surface area contributed by atoms with E-state index >= 15 is 0 Å². The molecule has 6 nitrogen and oxygen atoms in total. The van der Waals surface area contributed by atoms with Gasteiger partial charge in [-0.05, 0) is 30.3 Å². The number of ether oxygens (including phenoxy) is 1. The Morgan fingerprint density at radius 2 is 2.00 bits per heavy atom. The van der Waals surface area contributed by atoms with Crippen LogP contribution >= 0.6 is 11.8 Å². The standard InChI is InChI=1S/C17H18N2O4S2/c1-11-10-24-16-8-7-12(9-14(16)18-17(11)20)25(21,22)19-13-5-3-4-6-15(13)23-2/h3-9,11,19H,10H2,1-2H3,(H,18,20)/t11-/m1/s1. The van der Waals surface area contributed by atoms with Crippen molar-refractivity contribution >= 4 is 39.1 Å². The third-order valence-electron chi connectivity index (χ3n) is 3.81. The molecule has 8 heteroatoms. The maximum absolute atomic E-state index is 12.7. The molecular weight excluding hydrogens is 360 g/mol. The second kappa shape index (κ2) is 6.97. The van der Waals surface area contributed by atoms with Gasteiger partial charge in [0.2, 0.25) is 5.91 Å². The number of hydrogen-bond donors (Lipinski definition) is 2. The van der Waals surface area contributed by atoms with Crippen molar-refractivity contribution in [2.45, 2.75) is 16.7 Å². The Hall–Kier alpha value is -2.19. The minimum atomic E-state index is -3.81. The Morgan fingerprint density at radius 3 is 2.76 bits per heavy atom. The number of sulfonamides is 1. The van der Waals surface area contributed by atoms with Crippen LogP contribution in [0.4, 0.5) is 11.4 Å². The van der Waals surface area contributed by atoms with Gasteiger partial charge in [0.05, 0.1) is 23.4 Å². The Labute approximate surface area is 151 Å². The minimum absolute atomic E-state index is 0.0765. The van der Waals surface area contributed by atoms with Crippen LogP contribution in [0.25, 0.3) is 0 Å². The van der Waals surface area contributed by atoms with Crippen LogP contribution < -0.4 is 14.8 Å². The molecule has 2 aromatic carbocycles. The molecular formula is C17H18N2O4S2. The van der Waals surface area contributed by atoms with Gasteiger partial charge >= 0.3 is 0 Å². The fourth-order valence-corrected chi connectivity index (χ4v) is 4.49. The lowest BCUT2D eigenvalue weighted by Crippen LogP contribution is -2.20. The molecule has 0 fully saturated rings. The van der Waals surface area contributed by atoms with Crippen molar-refractivity contribution in [2.24, 2.45) is 5.92 Å². The zero-order chi connectivity index (χ0) is 18.0. The summed E-state index contributed by atoms with van der Waals surface area (Å²) < 4.78 is 33.1. The van der Waals surface area contributed by atoms with E-state index in [1.807, 2.05) is 6.92 Å². The van der Waals surface area contributed by atoms with Crippen molar-refractivity contribution < 1.29 is 17.9 Å². The molecule has 0 radical (unpaired) electrons. The Kier molecular flexibility index (Phi) is 4.91. The van der Waals surface area contributed by atoms with Gasteiger partial charge in [0.1, 0.15) is 5.75 Å². The average Bonchev–Trinajstić information content (AvgIpc) is 2.73. The van der Waals surface area contributed by atoms with Gasteiger partial charge < -0.3 is 10.1 Å². The maximum Gasteiger partial charge on any atom is 0.262 e. The number of thioether (sulfide) groups is 1. The monoisotopic (exact) mass is 378 g/mol. The van der Waals surface area contributed by atoms with Gasteiger partial charge in [-0.2, -0.15) is 0 Å². The van der Waals surface area contributed by atoms with Crippen molar-refractivity contribution in [3.05, 3.63) is 42.5 Å². The zero-order valence-corrected chi connectivity index (χ0v) is 15.4. The van der Waals surface area contributed by atoms with E-state index in [-0.39, 0.29) is 16.7 Å². The van der Waals surface area contributed by atoms with Gasteiger partial charge in [-0.15, -0.1) is 11.8 Å². The molecule has 2 N–H and O–H groups in total. The van der Waals surface area contributed by atoms with Crippen molar-refractivity contribution in [1.82, 2.24) is 0 Å². The highest BCUT2D eigenvalue weighted by atomic mass is 32.2. The van der Waals surface area contributed by atoms with Gasteiger partial charge in [0.25, 0.3) is 10.0 Å². The number of nitrogens with one attached hydrogen (secondary N) is 2. The van der Waals surface area contributed by atoms with Crippen molar-refractivity contribution in [1.29, 1.82) is 0 Å². The fraction of sp³-hybridized carbons (Fsp3) is 0.235. The first-order valence-corrected chi connectivity index (χ1v) is 10.1. The van der Waals surface area contributed by atoms with Crippen LogP contribution in [-0.2, 0) is 14.8 Å². The first kappa shape index (κ1) is 17.6. The van der Waals surface area contributed by atoms with Crippen LogP contribution in [0.1, 0.15) is 6.92 Å². The van der Waals surface area contributed by atoms with Gasteiger partial charge in [-0.25, -0.2) is 8.42 Å². The summed E-state index contributed by atoms with van der Waals surface area (Å²) in [6.07, 6.45) is 0. The molecule has 1 aliphatic heterocycles. The zero-order valence-electron chi connectivity index (χ0n) is 13.8. The topological polar surface area (TPSA) is 84.5 Å². The highest BCUT2D eigenvalue weighted by molar-refractivity contribution is 7.99. The lowest BCUT2D eigenvalue weighted by molar-refractivity contribution is -0.118. The summed E-state index contributed by atoms with van der Waals surface area (Å²) in [4.78, 5) is 12.9. The van der Waals surface area contributed by atoms with E-state index in [1.165, 1.54) is 31.0 Å².